The van der Waals surface area contributed by atoms with E-state index < -0.39 is 5.85 Å². The van der Waals surface area contributed by atoms with Gasteiger partial charge in [-0.05, 0) is 0 Å². The van der Waals surface area contributed by atoms with Crippen LogP contribution in [0.2, 0.25) is 0 Å². The smallest absolute Gasteiger partial charge is 0.251 e. The van der Waals surface area contributed by atoms with Crippen molar-refractivity contribution in [1.29, 1.82) is 0 Å². The molecule has 54 valence electrons. The van der Waals surface area contributed by atoms with E-state index in [0.29, 0.717) is 12.4 Å². The van der Waals surface area contributed by atoms with Gasteiger partial charge < -0.3 is 21.1 Å². The molecule has 4 N–H and O–H groups in total. The average Bonchev–Trinajstić information content (AvgIpc) is 2.44. The summed E-state index contributed by atoms with van der Waals surface area (Å²) >= 11 is 0. The van der Waals surface area contributed by atoms with Crippen LogP contribution in [0.15, 0.2) is 11.9 Å². The monoisotopic (exact) mass is 141 g/mol. The van der Waals surface area contributed by atoms with Gasteiger partial charge in [-0.25, -0.2) is 0 Å². The highest BCUT2D eigenvalue weighted by atomic mass is 16.6. The molecule has 1 fully saturated rings. The number of nitrogens with two attached hydrogens (primary N) is 1. The normalized spacial score (nSPS) is 36.4. The maximum Gasteiger partial charge on any atom is 0.251 e. The molecule has 10 heavy (non-hydrogen) atoms. The maximum atomic E-state index is 10.7. The summed E-state index contributed by atoms with van der Waals surface area (Å²) in [4.78, 5) is 10.7. The Bertz CT molecular complexity index is 219. The summed E-state index contributed by atoms with van der Waals surface area (Å²) in [6.07, 6.45) is 1.28. The van der Waals surface area contributed by atoms with Crippen molar-refractivity contribution in [2.45, 2.75) is 5.85 Å². The Kier molecular flexibility index (Phi) is 0.794. The van der Waals surface area contributed by atoms with Crippen LogP contribution in [0.4, 0.5) is 0 Å². The number of hydrogen-bond acceptors (Lipinski definition) is 4. The minimum absolute atomic E-state index is 0.214. The predicted octanol–water partition coefficient (Wildman–Crippen LogP) is -1.81. The second-order valence-electron chi connectivity index (χ2n) is 2.33. The Labute approximate surface area is 57.2 Å². The van der Waals surface area contributed by atoms with E-state index in [1.165, 1.54) is 6.08 Å². The van der Waals surface area contributed by atoms with E-state index in [-0.39, 0.29) is 5.91 Å². The molecule has 0 aromatic carbocycles. The van der Waals surface area contributed by atoms with Gasteiger partial charge in [0.15, 0.2) is 0 Å². The summed E-state index contributed by atoms with van der Waals surface area (Å²) in [5.74, 6) is -0.536. The van der Waals surface area contributed by atoms with Crippen LogP contribution >= 0.6 is 0 Å². The predicted molar refractivity (Wildman–Crippen MR) is 32.2 cm³/mol. The first-order valence-corrected chi connectivity index (χ1v) is 2.92. The van der Waals surface area contributed by atoms with Crippen molar-refractivity contribution in [1.82, 2.24) is 10.6 Å². The Morgan fingerprint density at radius 1 is 1.70 bits per heavy atom. The van der Waals surface area contributed by atoms with Crippen molar-refractivity contribution in [3.05, 3.63) is 11.9 Å². The number of hydrogen-bond donors (Lipinski definition) is 3. The molecule has 0 aliphatic carbocycles. The van der Waals surface area contributed by atoms with Crippen LogP contribution in [0.25, 0.3) is 0 Å². The van der Waals surface area contributed by atoms with E-state index in [2.05, 4.69) is 10.6 Å². The van der Waals surface area contributed by atoms with E-state index in [4.69, 9.17) is 10.5 Å². The number of ether oxygens (including phenoxy) is 1. The van der Waals surface area contributed by atoms with E-state index in [0.717, 1.165) is 0 Å². The standard InChI is InChI=1S/C5H7N3O2/c6-3-1-4(9)8-5(7-3)2-10-5/h1,7H,2,6H2,(H,8,9). The van der Waals surface area contributed by atoms with Gasteiger partial charge in [0.25, 0.3) is 5.91 Å². The molecule has 1 spiro atoms. The molecule has 1 amide bonds. The van der Waals surface area contributed by atoms with Gasteiger partial charge in [-0.15, -0.1) is 0 Å². The summed E-state index contributed by atoms with van der Waals surface area (Å²) in [7, 11) is 0. The maximum absolute atomic E-state index is 10.7. The molecule has 0 aromatic rings. The van der Waals surface area contributed by atoms with Crippen LogP contribution in [0, 0.1) is 0 Å². The number of amides is 1. The minimum atomic E-state index is -0.671. The summed E-state index contributed by atoms with van der Waals surface area (Å²) in [6, 6.07) is 0. The second-order valence-corrected chi connectivity index (χ2v) is 2.33. The summed E-state index contributed by atoms with van der Waals surface area (Å²) < 4.78 is 4.91. The van der Waals surface area contributed by atoms with Crippen LogP contribution in [0.3, 0.4) is 0 Å². The fourth-order valence-electron chi connectivity index (χ4n) is 0.893. The van der Waals surface area contributed by atoms with Crippen molar-refractivity contribution in [3.8, 4) is 0 Å². The topological polar surface area (TPSA) is 79.7 Å². The molecule has 1 unspecified atom stereocenters. The van der Waals surface area contributed by atoms with E-state index >= 15 is 0 Å². The average molecular weight is 141 g/mol. The third-order valence-corrected chi connectivity index (χ3v) is 1.39. The Balaban J connectivity index is 2.22. The van der Waals surface area contributed by atoms with Gasteiger partial charge in [0.05, 0.1) is 0 Å². The van der Waals surface area contributed by atoms with Gasteiger partial charge in [0.1, 0.15) is 12.4 Å². The molecule has 0 aromatic heterocycles. The first kappa shape index (κ1) is 5.55. The zero-order valence-corrected chi connectivity index (χ0v) is 5.18. The largest absolute Gasteiger partial charge is 0.385 e. The summed E-state index contributed by atoms with van der Waals surface area (Å²) in [6.45, 7) is 0.479. The number of rotatable bonds is 0. The molecule has 2 rings (SSSR count). The summed E-state index contributed by atoms with van der Waals surface area (Å²) in [5.41, 5.74) is 5.35. The Morgan fingerprint density at radius 2 is 2.40 bits per heavy atom. The van der Waals surface area contributed by atoms with E-state index in [9.17, 15) is 4.79 Å². The number of epoxide rings is 1. The first-order valence-electron chi connectivity index (χ1n) is 2.92. The number of carbonyl (C=O) groups is 1. The number of carbonyl (C=O) groups excluding carboxylic acids is 1. The molecule has 0 bridgehead atoms. The Hall–Kier alpha value is -1.23. The van der Waals surface area contributed by atoms with E-state index in [1.54, 1.807) is 0 Å². The van der Waals surface area contributed by atoms with Crippen molar-refractivity contribution >= 4 is 5.91 Å². The minimum Gasteiger partial charge on any atom is -0.385 e. The molecule has 5 nitrogen and oxygen atoms in total. The van der Waals surface area contributed by atoms with Gasteiger partial charge in [0, 0.05) is 6.08 Å². The molecule has 1 saturated heterocycles. The van der Waals surface area contributed by atoms with Crippen LogP contribution in [-0.4, -0.2) is 18.4 Å². The molecule has 0 saturated carbocycles. The highest BCUT2D eigenvalue weighted by Crippen LogP contribution is 2.22. The second kappa shape index (κ2) is 1.43. The summed E-state index contributed by atoms with van der Waals surface area (Å²) in [5, 5.41) is 5.35. The van der Waals surface area contributed by atoms with Gasteiger partial charge in [-0.2, -0.15) is 0 Å². The van der Waals surface area contributed by atoms with Crippen molar-refractivity contribution in [2.24, 2.45) is 5.73 Å². The van der Waals surface area contributed by atoms with Gasteiger partial charge in [-0.1, -0.05) is 0 Å². The molecule has 1 atom stereocenters. The van der Waals surface area contributed by atoms with Crippen LogP contribution < -0.4 is 16.4 Å². The lowest BCUT2D eigenvalue weighted by molar-refractivity contribution is -0.119. The first-order chi connectivity index (χ1) is 4.70. The molecule has 2 aliphatic rings. The molecular formula is C5H7N3O2. The van der Waals surface area contributed by atoms with Crippen LogP contribution in [0.5, 0.6) is 0 Å². The zero-order chi connectivity index (χ0) is 7.19. The molecule has 2 heterocycles. The van der Waals surface area contributed by atoms with Crippen molar-refractivity contribution in [3.63, 3.8) is 0 Å². The molecule has 5 heteroatoms. The van der Waals surface area contributed by atoms with Gasteiger partial charge in [0.2, 0.25) is 5.85 Å². The SMILES string of the molecule is NC1=CC(=O)NC2(CO2)N1. The Morgan fingerprint density at radius 3 is 2.90 bits per heavy atom. The van der Waals surface area contributed by atoms with Gasteiger partial charge >= 0.3 is 0 Å². The molecule has 2 aliphatic heterocycles. The highest BCUT2D eigenvalue weighted by Gasteiger charge is 2.48. The van der Waals surface area contributed by atoms with Crippen molar-refractivity contribution < 1.29 is 9.53 Å². The molecular weight excluding hydrogens is 134 g/mol. The third-order valence-electron chi connectivity index (χ3n) is 1.39. The lowest BCUT2D eigenvalue weighted by Crippen LogP contribution is -2.53. The fourth-order valence-corrected chi connectivity index (χ4v) is 0.893. The molecule has 0 radical (unpaired) electrons. The fraction of sp³-hybridized carbons (Fsp3) is 0.400. The van der Waals surface area contributed by atoms with E-state index in [1.807, 2.05) is 0 Å². The number of nitrogens with one attached hydrogen (secondary N) is 2. The van der Waals surface area contributed by atoms with Crippen LogP contribution in [-0.2, 0) is 9.53 Å². The zero-order valence-electron chi connectivity index (χ0n) is 5.18. The lowest BCUT2D eigenvalue weighted by atomic mass is 10.4. The quantitative estimate of drug-likeness (QED) is 0.347. The third kappa shape index (κ3) is 0.714. The van der Waals surface area contributed by atoms with Crippen molar-refractivity contribution in [2.75, 3.05) is 6.61 Å². The van der Waals surface area contributed by atoms with Crippen LogP contribution in [0.1, 0.15) is 0 Å². The lowest BCUT2D eigenvalue weighted by Gasteiger charge is -2.20. The van der Waals surface area contributed by atoms with Gasteiger partial charge in [-0.3, -0.25) is 4.79 Å². The highest BCUT2D eigenvalue weighted by molar-refractivity contribution is 5.89.